The maximum Gasteiger partial charge on any atom is 0.237 e. The lowest BCUT2D eigenvalue weighted by Gasteiger charge is -2.33. The lowest BCUT2D eigenvalue weighted by Crippen LogP contribution is -2.56. The molecule has 1 N–H and O–H groups in total. The highest BCUT2D eigenvalue weighted by Gasteiger charge is 2.30. The van der Waals surface area contributed by atoms with Gasteiger partial charge in [0.1, 0.15) is 12.2 Å². The molecule has 1 aromatic carbocycles. The summed E-state index contributed by atoms with van der Waals surface area (Å²) in [6.07, 6.45) is 5.71. The Bertz CT molecular complexity index is 754. The van der Waals surface area contributed by atoms with Crippen molar-refractivity contribution in [3.8, 4) is 5.69 Å². The van der Waals surface area contributed by atoms with Gasteiger partial charge in [0.15, 0.2) is 0 Å². The molecule has 1 amide bonds. The predicted molar refractivity (Wildman–Crippen MR) is 91.1 cm³/mol. The number of hydrogen-bond donors (Lipinski definition) is 1. The number of nitrogens with one attached hydrogen (secondary N) is 1. The van der Waals surface area contributed by atoms with Gasteiger partial charge < -0.3 is 5.32 Å². The number of hydrogen-bond acceptors (Lipinski definition) is 4. The number of amides is 1. The number of benzene rings is 1. The van der Waals surface area contributed by atoms with Gasteiger partial charge in [-0.05, 0) is 49.1 Å². The topological polar surface area (TPSA) is 63.1 Å². The average Bonchev–Trinajstić information content (AvgIpc) is 3.24. The molecule has 6 nitrogen and oxygen atoms in total. The van der Waals surface area contributed by atoms with Crippen molar-refractivity contribution in [2.24, 2.45) is 0 Å². The Balaban J connectivity index is 1.61. The minimum Gasteiger partial charge on any atom is -0.353 e. The Morgan fingerprint density at radius 1 is 1.29 bits per heavy atom. The zero-order valence-corrected chi connectivity index (χ0v) is 14.0. The van der Waals surface area contributed by atoms with Crippen molar-refractivity contribution in [1.82, 2.24) is 25.0 Å². The van der Waals surface area contributed by atoms with Crippen molar-refractivity contribution >= 4 is 5.91 Å². The maximum absolute atomic E-state index is 12.3. The van der Waals surface area contributed by atoms with Crippen LogP contribution in [0, 0.1) is 0 Å². The number of carbonyl (C=O) groups is 1. The quantitative estimate of drug-likeness (QED) is 0.915. The first-order valence-corrected chi connectivity index (χ1v) is 8.79. The van der Waals surface area contributed by atoms with Gasteiger partial charge in [-0.2, -0.15) is 5.10 Å². The zero-order valence-electron chi connectivity index (χ0n) is 14.0. The summed E-state index contributed by atoms with van der Waals surface area (Å²) in [5.41, 5.74) is 3.91. The Morgan fingerprint density at radius 2 is 2.17 bits per heavy atom. The van der Waals surface area contributed by atoms with E-state index in [1.54, 1.807) is 6.33 Å². The molecule has 1 aliphatic carbocycles. The summed E-state index contributed by atoms with van der Waals surface area (Å²) in [6, 6.07) is 6.37. The van der Waals surface area contributed by atoms with E-state index < -0.39 is 0 Å². The largest absolute Gasteiger partial charge is 0.353 e. The van der Waals surface area contributed by atoms with Gasteiger partial charge in [-0.15, -0.1) is 0 Å². The number of likely N-dealkylation sites (N-methyl/N-ethyl adjacent to an activating group) is 1. The molecule has 1 aromatic heterocycles. The van der Waals surface area contributed by atoms with Crippen molar-refractivity contribution in [3.63, 3.8) is 0 Å². The van der Waals surface area contributed by atoms with E-state index in [9.17, 15) is 4.79 Å². The summed E-state index contributed by atoms with van der Waals surface area (Å²) in [4.78, 5) is 18.9. The van der Waals surface area contributed by atoms with Crippen LogP contribution in [0.4, 0.5) is 0 Å². The van der Waals surface area contributed by atoms with Crippen LogP contribution in [0.5, 0.6) is 0 Å². The van der Waals surface area contributed by atoms with Crippen molar-refractivity contribution in [1.29, 1.82) is 0 Å². The van der Waals surface area contributed by atoms with E-state index in [1.165, 1.54) is 24.0 Å². The van der Waals surface area contributed by atoms with E-state index in [4.69, 9.17) is 0 Å². The second-order valence-corrected chi connectivity index (χ2v) is 6.53. The fraction of sp³-hybridized carbons (Fsp3) is 0.500. The third-order valence-corrected chi connectivity index (χ3v) is 5.17. The molecule has 24 heavy (non-hydrogen) atoms. The molecule has 0 bridgehead atoms. The van der Waals surface area contributed by atoms with Gasteiger partial charge in [-0.3, -0.25) is 9.69 Å². The molecule has 0 unspecified atom stereocenters. The minimum absolute atomic E-state index is 0.0894. The fourth-order valence-electron chi connectivity index (χ4n) is 3.85. The average molecular weight is 325 g/mol. The molecule has 1 atom stereocenters. The van der Waals surface area contributed by atoms with Crippen LogP contribution in [0.1, 0.15) is 30.3 Å². The normalized spacial score (nSPS) is 20.9. The monoisotopic (exact) mass is 325 g/mol. The third-order valence-electron chi connectivity index (χ3n) is 5.17. The van der Waals surface area contributed by atoms with Gasteiger partial charge in [0.25, 0.3) is 0 Å². The predicted octanol–water partition coefficient (Wildman–Crippen LogP) is 1.12. The van der Waals surface area contributed by atoms with Crippen LogP contribution in [-0.4, -0.2) is 51.2 Å². The van der Waals surface area contributed by atoms with Crippen LogP contribution < -0.4 is 5.32 Å². The molecule has 4 rings (SSSR count). The van der Waals surface area contributed by atoms with Gasteiger partial charge in [-0.1, -0.05) is 13.0 Å². The molecule has 0 saturated carbocycles. The van der Waals surface area contributed by atoms with E-state index in [0.717, 1.165) is 37.6 Å². The standard InChI is InChI=1S/C18H23N5O/c1-2-22-9-8-19-18(24)16(22)11-17-20-12-21-23(17)15-7-6-13-4-3-5-14(13)10-15/h6-7,10,12,16H,2-5,8-9,11H2,1H3,(H,19,24)/t16-/m1/s1. The summed E-state index contributed by atoms with van der Waals surface area (Å²) in [7, 11) is 0. The van der Waals surface area contributed by atoms with Crippen molar-refractivity contribution in [2.45, 2.75) is 38.6 Å². The van der Waals surface area contributed by atoms with Crippen molar-refractivity contribution in [2.75, 3.05) is 19.6 Å². The number of nitrogens with zero attached hydrogens (tertiary/aromatic N) is 4. The lowest BCUT2D eigenvalue weighted by molar-refractivity contribution is -0.128. The fourth-order valence-corrected chi connectivity index (χ4v) is 3.85. The second-order valence-electron chi connectivity index (χ2n) is 6.53. The minimum atomic E-state index is -0.166. The molecule has 2 heterocycles. The van der Waals surface area contributed by atoms with E-state index in [0.29, 0.717) is 6.42 Å². The molecule has 1 fully saturated rings. The van der Waals surface area contributed by atoms with E-state index >= 15 is 0 Å². The Morgan fingerprint density at radius 3 is 3.04 bits per heavy atom. The van der Waals surface area contributed by atoms with Gasteiger partial charge in [-0.25, -0.2) is 9.67 Å². The molecular weight excluding hydrogens is 302 g/mol. The molecule has 1 saturated heterocycles. The van der Waals surface area contributed by atoms with Gasteiger partial charge >= 0.3 is 0 Å². The molecule has 6 heteroatoms. The first-order chi connectivity index (χ1) is 11.8. The van der Waals surface area contributed by atoms with Crippen LogP contribution in [0.15, 0.2) is 24.5 Å². The third kappa shape index (κ3) is 2.71. The summed E-state index contributed by atoms with van der Waals surface area (Å²) in [5.74, 6) is 0.931. The highest BCUT2D eigenvalue weighted by molar-refractivity contribution is 5.82. The molecule has 2 aromatic rings. The summed E-state index contributed by atoms with van der Waals surface area (Å²) < 4.78 is 1.88. The van der Waals surface area contributed by atoms with Crippen LogP contribution in [0.25, 0.3) is 5.69 Å². The van der Waals surface area contributed by atoms with Crippen molar-refractivity contribution < 1.29 is 4.79 Å². The number of aryl methyl sites for hydroxylation is 2. The number of aromatic nitrogens is 3. The van der Waals surface area contributed by atoms with E-state index in [1.807, 2.05) is 4.68 Å². The Kier molecular flexibility index (Phi) is 4.06. The summed E-state index contributed by atoms with van der Waals surface area (Å²) >= 11 is 0. The molecular formula is C18H23N5O. The highest BCUT2D eigenvalue weighted by atomic mass is 16.2. The molecule has 0 radical (unpaired) electrons. The Hall–Kier alpha value is -2.21. The number of fused-ring (bicyclic) bond motifs is 1. The number of carbonyl (C=O) groups excluding carboxylic acids is 1. The van der Waals surface area contributed by atoms with Gasteiger partial charge in [0, 0.05) is 19.5 Å². The van der Waals surface area contributed by atoms with Crippen LogP contribution >= 0.6 is 0 Å². The second kappa shape index (κ2) is 6.36. The highest BCUT2D eigenvalue weighted by Crippen LogP contribution is 2.24. The van der Waals surface area contributed by atoms with Crippen LogP contribution in [0.2, 0.25) is 0 Å². The first kappa shape index (κ1) is 15.3. The SMILES string of the molecule is CCN1CCNC(=O)[C@H]1Cc1ncnn1-c1ccc2c(c1)CCC2. The molecule has 126 valence electrons. The molecule has 2 aliphatic rings. The zero-order chi connectivity index (χ0) is 16.5. The summed E-state index contributed by atoms with van der Waals surface area (Å²) in [5, 5.41) is 7.37. The smallest absolute Gasteiger partial charge is 0.237 e. The van der Waals surface area contributed by atoms with Gasteiger partial charge in [0.2, 0.25) is 5.91 Å². The number of rotatable bonds is 4. The Labute approximate surface area is 141 Å². The van der Waals surface area contributed by atoms with Crippen LogP contribution in [0.3, 0.4) is 0 Å². The summed E-state index contributed by atoms with van der Waals surface area (Å²) in [6.45, 7) is 4.57. The lowest BCUT2D eigenvalue weighted by atomic mass is 10.1. The maximum atomic E-state index is 12.3. The molecule has 1 aliphatic heterocycles. The number of piperazine rings is 1. The van der Waals surface area contributed by atoms with Gasteiger partial charge in [0.05, 0.1) is 11.7 Å². The van der Waals surface area contributed by atoms with Crippen molar-refractivity contribution in [3.05, 3.63) is 41.5 Å². The van der Waals surface area contributed by atoms with Crippen LogP contribution in [-0.2, 0) is 24.1 Å². The molecule has 0 spiro atoms. The van der Waals surface area contributed by atoms with E-state index in [-0.39, 0.29) is 11.9 Å². The first-order valence-electron chi connectivity index (χ1n) is 8.79. The van der Waals surface area contributed by atoms with E-state index in [2.05, 4.69) is 45.4 Å².